The Morgan fingerprint density at radius 1 is 1.12 bits per heavy atom. The van der Waals surface area contributed by atoms with Crippen LogP contribution in [-0.2, 0) is 22.3 Å². The summed E-state index contributed by atoms with van der Waals surface area (Å²) >= 11 is 1.36. The maximum atomic E-state index is 12.3. The number of fused-ring (bicyclic) bond motifs is 1. The molecule has 4 N–H and O–H groups in total. The summed E-state index contributed by atoms with van der Waals surface area (Å²) in [5.41, 5.74) is 7.54. The molecular formula is C18H19N3O4S. The van der Waals surface area contributed by atoms with E-state index in [0.717, 1.165) is 10.4 Å². The number of anilines is 2. The van der Waals surface area contributed by atoms with Gasteiger partial charge < -0.3 is 20.5 Å². The third-order valence-electron chi connectivity index (χ3n) is 4.60. The number of hydrogen-bond acceptors (Lipinski definition) is 5. The van der Waals surface area contributed by atoms with Gasteiger partial charge in [0, 0.05) is 23.4 Å². The smallest absolute Gasteiger partial charge is 0.324 e. The fourth-order valence-corrected chi connectivity index (χ4v) is 4.78. The highest BCUT2D eigenvalue weighted by molar-refractivity contribution is 7.17. The molecule has 136 valence electrons. The third-order valence-corrected chi connectivity index (χ3v) is 5.74. The molecule has 8 heteroatoms. The van der Waals surface area contributed by atoms with E-state index in [1.807, 2.05) is 18.2 Å². The van der Waals surface area contributed by atoms with Crippen LogP contribution in [0.15, 0.2) is 30.3 Å². The highest BCUT2D eigenvalue weighted by Crippen LogP contribution is 2.43. The van der Waals surface area contributed by atoms with Crippen LogP contribution in [0.25, 0.3) is 0 Å². The number of rotatable bonds is 3. The highest BCUT2D eigenvalue weighted by atomic mass is 32.1. The van der Waals surface area contributed by atoms with E-state index in [9.17, 15) is 9.59 Å². The number of carbonyl (C=O) groups excluding carboxylic acids is 2. The molecule has 0 bridgehead atoms. The number of nitrogens with one attached hydrogen (secondary N) is 2. The number of carbonyl (C=O) groups is 2. The molecule has 1 fully saturated rings. The molecular weight excluding hydrogens is 354 g/mol. The molecule has 3 amide bonds. The van der Waals surface area contributed by atoms with Gasteiger partial charge in [-0.25, -0.2) is 4.79 Å². The van der Waals surface area contributed by atoms with Crippen LogP contribution < -0.4 is 16.4 Å². The van der Waals surface area contributed by atoms with Gasteiger partial charge in [0.1, 0.15) is 5.00 Å². The molecule has 2 heterocycles. The number of hydrogen-bond donors (Lipinski definition) is 3. The van der Waals surface area contributed by atoms with Crippen LogP contribution in [0, 0.1) is 0 Å². The summed E-state index contributed by atoms with van der Waals surface area (Å²) < 4.78 is 11.6. The van der Waals surface area contributed by atoms with Crippen molar-refractivity contribution in [2.45, 2.75) is 25.0 Å². The highest BCUT2D eigenvalue weighted by Gasteiger charge is 2.42. The second-order valence-corrected chi connectivity index (χ2v) is 7.41. The zero-order valence-corrected chi connectivity index (χ0v) is 14.9. The Morgan fingerprint density at radius 3 is 2.54 bits per heavy atom. The van der Waals surface area contributed by atoms with Gasteiger partial charge in [-0.2, -0.15) is 0 Å². The van der Waals surface area contributed by atoms with E-state index in [2.05, 4.69) is 10.6 Å². The number of primary amides is 1. The normalized spacial score (nSPS) is 17.7. The van der Waals surface area contributed by atoms with Gasteiger partial charge in [0.25, 0.3) is 5.91 Å². The maximum Gasteiger partial charge on any atom is 0.324 e. The Labute approximate surface area is 154 Å². The van der Waals surface area contributed by atoms with Gasteiger partial charge in [0.15, 0.2) is 5.79 Å². The van der Waals surface area contributed by atoms with Crippen LogP contribution in [-0.4, -0.2) is 30.9 Å². The summed E-state index contributed by atoms with van der Waals surface area (Å²) in [6, 6.07) is 8.68. The number of urea groups is 1. The zero-order chi connectivity index (χ0) is 18.1. The van der Waals surface area contributed by atoms with Gasteiger partial charge in [0.05, 0.1) is 18.8 Å². The van der Waals surface area contributed by atoms with Gasteiger partial charge in [-0.3, -0.25) is 10.1 Å². The number of nitrogens with two attached hydrogens (primary N) is 1. The summed E-state index contributed by atoms with van der Waals surface area (Å²) in [6.45, 7) is 1.15. The first-order valence-corrected chi connectivity index (χ1v) is 9.23. The minimum atomic E-state index is -0.601. The number of para-hydroxylation sites is 1. The standard InChI is InChI=1S/C18H19N3O4S/c19-15(22)14-12-6-7-18(24-8-9-25-18)10-13(12)26-16(14)21-17(23)20-11-4-2-1-3-5-11/h1-5H,6-10H2,(H2,19,22)(H2,20,21,23). The molecule has 1 spiro atoms. The lowest BCUT2D eigenvalue weighted by molar-refractivity contribution is -0.163. The second-order valence-electron chi connectivity index (χ2n) is 6.30. The number of ether oxygens (including phenoxy) is 2. The molecule has 1 aromatic carbocycles. The van der Waals surface area contributed by atoms with Crippen LogP contribution in [0.2, 0.25) is 0 Å². The second kappa shape index (κ2) is 6.71. The first kappa shape index (κ1) is 17.0. The van der Waals surface area contributed by atoms with Crippen molar-refractivity contribution in [3.05, 3.63) is 46.3 Å². The van der Waals surface area contributed by atoms with E-state index < -0.39 is 17.7 Å². The molecule has 26 heavy (non-hydrogen) atoms. The molecule has 4 rings (SSSR count). The summed E-state index contributed by atoms with van der Waals surface area (Å²) in [5, 5.41) is 5.97. The first-order valence-electron chi connectivity index (χ1n) is 8.42. The van der Waals surface area contributed by atoms with Gasteiger partial charge in [-0.05, 0) is 24.1 Å². The van der Waals surface area contributed by atoms with Crippen LogP contribution in [0.4, 0.5) is 15.5 Å². The van der Waals surface area contributed by atoms with E-state index in [1.165, 1.54) is 11.3 Å². The van der Waals surface area contributed by atoms with Crippen LogP contribution in [0.5, 0.6) is 0 Å². The van der Waals surface area contributed by atoms with Gasteiger partial charge in [-0.1, -0.05) is 18.2 Å². The number of thiophene rings is 1. The third kappa shape index (κ3) is 3.18. The molecule has 0 unspecified atom stereocenters. The summed E-state index contributed by atoms with van der Waals surface area (Å²) in [6.07, 6.45) is 1.87. The Balaban J connectivity index is 1.57. The monoisotopic (exact) mass is 373 g/mol. The van der Waals surface area contributed by atoms with E-state index >= 15 is 0 Å². The van der Waals surface area contributed by atoms with Gasteiger partial charge in [0.2, 0.25) is 0 Å². The first-order chi connectivity index (χ1) is 12.6. The largest absolute Gasteiger partial charge is 0.365 e. The van der Waals surface area contributed by atoms with Crippen molar-refractivity contribution in [1.29, 1.82) is 0 Å². The molecule has 0 atom stereocenters. The molecule has 2 aliphatic rings. The zero-order valence-electron chi connectivity index (χ0n) is 14.0. The van der Waals surface area contributed by atoms with Crippen molar-refractivity contribution in [3.8, 4) is 0 Å². The van der Waals surface area contributed by atoms with Crippen molar-refractivity contribution in [2.75, 3.05) is 23.8 Å². The van der Waals surface area contributed by atoms with Crippen molar-refractivity contribution in [1.82, 2.24) is 0 Å². The molecule has 1 aromatic heterocycles. The Bertz CT molecular complexity index is 844. The summed E-state index contributed by atoms with van der Waals surface area (Å²) in [5.74, 6) is -1.14. The Hall–Kier alpha value is -2.42. The average molecular weight is 373 g/mol. The Morgan fingerprint density at radius 2 is 1.85 bits per heavy atom. The lowest BCUT2D eigenvalue weighted by Gasteiger charge is -2.31. The molecule has 1 saturated heterocycles. The summed E-state index contributed by atoms with van der Waals surface area (Å²) in [7, 11) is 0. The minimum absolute atomic E-state index is 0.390. The molecule has 7 nitrogen and oxygen atoms in total. The fraction of sp³-hybridized carbons (Fsp3) is 0.333. The van der Waals surface area contributed by atoms with Gasteiger partial charge >= 0.3 is 6.03 Å². The minimum Gasteiger partial charge on any atom is -0.365 e. The van der Waals surface area contributed by atoms with E-state index in [-0.39, 0.29) is 0 Å². The molecule has 2 aromatic rings. The molecule has 0 saturated carbocycles. The maximum absolute atomic E-state index is 12.3. The lowest BCUT2D eigenvalue weighted by Crippen LogP contribution is -2.36. The fourth-order valence-electron chi connectivity index (χ4n) is 3.45. The number of benzene rings is 1. The van der Waals surface area contributed by atoms with Crippen LogP contribution in [0.1, 0.15) is 27.2 Å². The molecule has 0 radical (unpaired) electrons. The Kier molecular flexibility index (Phi) is 4.39. The van der Waals surface area contributed by atoms with E-state index in [1.54, 1.807) is 12.1 Å². The van der Waals surface area contributed by atoms with Crippen LogP contribution >= 0.6 is 11.3 Å². The van der Waals surface area contributed by atoms with Crippen LogP contribution in [0.3, 0.4) is 0 Å². The van der Waals surface area contributed by atoms with E-state index in [0.29, 0.717) is 48.7 Å². The van der Waals surface area contributed by atoms with Crippen molar-refractivity contribution >= 4 is 34.0 Å². The summed E-state index contributed by atoms with van der Waals surface area (Å²) in [4.78, 5) is 25.3. The van der Waals surface area contributed by atoms with E-state index in [4.69, 9.17) is 15.2 Å². The van der Waals surface area contributed by atoms with Crippen molar-refractivity contribution in [2.24, 2.45) is 5.73 Å². The average Bonchev–Trinajstić information content (AvgIpc) is 3.19. The SMILES string of the molecule is NC(=O)c1c(NC(=O)Nc2ccccc2)sc2c1CCC1(C2)OCCO1. The predicted octanol–water partition coefficient (Wildman–Crippen LogP) is 2.72. The topological polar surface area (TPSA) is 103 Å². The lowest BCUT2D eigenvalue weighted by atomic mass is 9.90. The number of amides is 3. The predicted molar refractivity (Wildman–Crippen MR) is 98.6 cm³/mol. The quantitative estimate of drug-likeness (QED) is 0.770. The van der Waals surface area contributed by atoms with Gasteiger partial charge in [-0.15, -0.1) is 11.3 Å². The van der Waals surface area contributed by atoms with Crippen molar-refractivity contribution < 1.29 is 19.1 Å². The molecule has 1 aliphatic heterocycles. The molecule has 1 aliphatic carbocycles. The van der Waals surface area contributed by atoms with Crippen molar-refractivity contribution in [3.63, 3.8) is 0 Å².